The van der Waals surface area contributed by atoms with E-state index < -0.39 is 11.9 Å². The van der Waals surface area contributed by atoms with Crippen LogP contribution in [0.15, 0.2) is 12.1 Å². The van der Waals surface area contributed by atoms with Gasteiger partial charge in [0.1, 0.15) is 35.8 Å². The second-order valence-corrected chi connectivity index (χ2v) is 6.59. The van der Waals surface area contributed by atoms with Gasteiger partial charge >= 0.3 is 11.9 Å². The number of hydrogen-bond donors (Lipinski definition) is 2. The molecule has 1 aromatic rings. The number of ether oxygens (including phenoxy) is 8. The van der Waals surface area contributed by atoms with Gasteiger partial charge in [0, 0.05) is 14.2 Å². The Kier molecular flexibility index (Phi) is 16.4. The van der Waals surface area contributed by atoms with Crippen molar-refractivity contribution >= 4 is 11.9 Å². The molecule has 0 fully saturated rings. The molecule has 0 saturated carbocycles. The number of aromatic carboxylic acids is 2. The van der Waals surface area contributed by atoms with Gasteiger partial charge in [-0.3, -0.25) is 0 Å². The molecule has 12 nitrogen and oxygen atoms in total. The molecule has 0 atom stereocenters. The second-order valence-electron chi connectivity index (χ2n) is 6.59. The summed E-state index contributed by atoms with van der Waals surface area (Å²) in [5.41, 5.74) is -0.453. The van der Waals surface area contributed by atoms with Crippen LogP contribution < -0.4 is 9.47 Å². The Morgan fingerprint density at radius 2 is 0.853 bits per heavy atom. The van der Waals surface area contributed by atoms with E-state index in [1.807, 2.05) is 0 Å². The lowest BCUT2D eigenvalue weighted by Crippen LogP contribution is -2.15. The van der Waals surface area contributed by atoms with E-state index in [0.29, 0.717) is 52.9 Å². The molecular weight excluding hydrogens is 456 g/mol. The Balaban J connectivity index is 2.53. The highest BCUT2D eigenvalue weighted by Crippen LogP contribution is 2.29. The largest absolute Gasteiger partial charge is 0.490 e. The van der Waals surface area contributed by atoms with Crippen LogP contribution in [0, 0.1) is 0 Å². The molecule has 194 valence electrons. The predicted octanol–water partition coefficient (Wildman–Crippen LogP) is 1.20. The first kappa shape index (κ1) is 29.6. The number of methoxy groups -OCH3 is 2. The van der Waals surface area contributed by atoms with E-state index >= 15 is 0 Å². The lowest BCUT2D eigenvalue weighted by Gasteiger charge is -2.15. The minimum atomic E-state index is -1.28. The molecule has 0 heterocycles. The molecule has 0 aliphatic heterocycles. The average Bonchev–Trinajstić information content (AvgIpc) is 2.81. The zero-order valence-corrected chi connectivity index (χ0v) is 19.6. The Hall–Kier alpha value is -2.48. The van der Waals surface area contributed by atoms with Crippen molar-refractivity contribution in [3.8, 4) is 11.5 Å². The van der Waals surface area contributed by atoms with Crippen molar-refractivity contribution in [3.63, 3.8) is 0 Å². The molecule has 0 amide bonds. The zero-order chi connectivity index (χ0) is 25.0. The molecule has 0 aromatic heterocycles. The third-order valence-electron chi connectivity index (χ3n) is 4.12. The minimum absolute atomic E-state index is 0.0257. The van der Waals surface area contributed by atoms with Gasteiger partial charge in [-0.1, -0.05) is 0 Å². The van der Waals surface area contributed by atoms with Crippen LogP contribution in [0.1, 0.15) is 20.7 Å². The molecule has 2 N–H and O–H groups in total. The first-order chi connectivity index (χ1) is 16.5. The highest BCUT2D eigenvalue weighted by molar-refractivity contribution is 5.97. The van der Waals surface area contributed by atoms with E-state index in [0.717, 1.165) is 12.1 Å². The van der Waals surface area contributed by atoms with Gasteiger partial charge in [-0.2, -0.15) is 0 Å². The number of carboxylic acids is 2. The van der Waals surface area contributed by atoms with E-state index in [4.69, 9.17) is 37.9 Å². The number of hydrogen-bond acceptors (Lipinski definition) is 10. The zero-order valence-electron chi connectivity index (χ0n) is 19.6. The molecule has 0 aliphatic rings. The SMILES string of the molecule is COCCOCCOCCOc1cc(C(=O)O)c(OCCOCCOCCOC)cc1C(=O)O. The molecule has 34 heavy (non-hydrogen) atoms. The fraction of sp³-hybridized carbons (Fsp3) is 0.636. The van der Waals surface area contributed by atoms with Crippen LogP contribution in [-0.4, -0.2) is 116 Å². The van der Waals surface area contributed by atoms with Gasteiger partial charge in [-0.05, 0) is 12.1 Å². The molecule has 0 spiro atoms. The predicted molar refractivity (Wildman–Crippen MR) is 118 cm³/mol. The number of rotatable bonds is 22. The molecule has 0 unspecified atom stereocenters. The second kappa shape index (κ2) is 18.9. The summed E-state index contributed by atoms with van der Waals surface area (Å²) in [6.45, 7) is 3.69. The van der Waals surface area contributed by atoms with Gasteiger partial charge in [-0.15, -0.1) is 0 Å². The highest BCUT2D eigenvalue weighted by atomic mass is 16.6. The van der Waals surface area contributed by atoms with Crippen molar-refractivity contribution < 1.29 is 57.7 Å². The minimum Gasteiger partial charge on any atom is -0.490 e. The summed E-state index contributed by atoms with van der Waals surface area (Å²) in [4.78, 5) is 23.3. The number of carbonyl (C=O) groups is 2. The van der Waals surface area contributed by atoms with E-state index in [1.54, 1.807) is 14.2 Å². The topological polar surface area (TPSA) is 148 Å². The number of benzene rings is 1. The fourth-order valence-electron chi connectivity index (χ4n) is 2.48. The van der Waals surface area contributed by atoms with Crippen LogP contribution in [0.4, 0.5) is 0 Å². The molecule has 0 aliphatic carbocycles. The van der Waals surface area contributed by atoms with E-state index in [1.165, 1.54) is 0 Å². The average molecular weight is 491 g/mol. The van der Waals surface area contributed by atoms with Crippen LogP contribution in [0.5, 0.6) is 11.5 Å². The van der Waals surface area contributed by atoms with Gasteiger partial charge in [0.2, 0.25) is 0 Å². The maximum Gasteiger partial charge on any atom is 0.339 e. The Bertz CT molecular complexity index is 650. The van der Waals surface area contributed by atoms with Gasteiger partial charge in [0.25, 0.3) is 0 Å². The summed E-state index contributed by atoms with van der Waals surface area (Å²) >= 11 is 0. The normalized spacial score (nSPS) is 10.9. The molecule has 0 saturated heterocycles. The van der Waals surface area contributed by atoms with Crippen molar-refractivity contribution in [1.29, 1.82) is 0 Å². The van der Waals surface area contributed by atoms with Crippen LogP contribution in [0.3, 0.4) is 0 Å². The van der Waals surface area contributed by atoms with Gasteiger partial charge in [0.05, 0.1) is 66.1 Å². The third-order valence-corrected chi connectivity index (χ3v) is 4.12. The van der Waals surface area contributed by atoms with Crippen molar-refractivity contribution in [2.45, 2.75) is 0 Å². The first-order valence-electron chi connectivity index (χ1n) is 10.7. The summed E-state index contributed by atoms with van der Waals surface area (Å²) in [6.07, 6.45) is 0. The van der Waals surface area contributed by atoms with E-state index in [-0.39, 0.29) is 49.1 Å². The Morgan fingerprint density at radius 1 is 0.559 bits per heavy atom. The fourth-order valence-corrected chi connectivity index (χ4v) is 2.48. The first-order valence-corrected chi connectivity index (χ1v) is 10.7. The quantitative estimate of drug-likeness (QED) is 0.225. The third kappa shape index (κ3) is 12.7. The van der Waals surface area contributed by atoms with Crippen molar-refractivity contribution in [2.75, 3.05) is 93.5 Å². The van der Waals surface area contributed by atoms with E-state index in [2.05, 4.69) is 0 Å². The molecule has 1 rings (SSSR count). The summed E-state index contributed by atoms with van der Waals surface area (Å²) < 4.78 is 41.8. The molecule has 12 heteroatoms. The number of carboxylic acid groups (broad SMARTS) is 2. The summed E-state index contributed by atoms with van der Waals surface area (Å²) in [7, 11) is 3.16. The van der Waals surface area contributed by atoms with E-state index in [9.17, 15) is 19.8 Å². The van der Waals surface area contributed by atoms with Crippen LogP contribution >= 0.6 is 0 Å². The van der Waals surface area contributed by atoms with Crippen LogP contribution in [-0.2, 0) is 28.4 Å². The van der Waals surface area contributed by atoms with Crippen LogP contribution in [0.25, 0.3) is 0 Å². The monoisotopic (exact) mass is 490 g/mol. The maximum absolute atomic E-state index is 11.7. The highest BCUT2D eigenvalue weighted by Gasteiger charge is 2.21. The summed E-state index contributed by atoms with van der Waals surface area (Å²) in [5, 5.41) is 19.0. The molecule has 0 radical (unpaired) electrons. The summed E-state index contributed by atoms with van der Waals surface area (Å²) in [5.74, 6) is -2.76. The maximum atomic E-state index is 11.7. The molecule has 1 aromatic carbocycles. The van der Waals surface area contributed by atoms with Crippen LogP contribution in [0.2, 0.25) is 0 Å². The van der Waals surface area contributed by atoms with Crippen molar-refractivity contribution in [1.82, 2.24) is 0 Å². The van der Waals surface area contributed by atoms with Gasteiger partial charge in [0.15, 0.2) is 0 Å². The lowest BCUT2D eigenvalue weighted by molar-refractivity contribution is 0.0175. The van der Waals surface area contributed by atoms with Gasteiger partial charge in [-0.25, -0.2) is 9.59 Å². The Morgan fingerprint density at radius 3 is 1.15 bits per heavy atom. The van der Waals surface area contributed by atoms with Crippen molar-refractivity contribution in [3.05, 3.63) is 23.3 Å². The van der Waals surface area contributed by atoms with Gasteiger partial charge < -0.3 is 48.1 Å². The smallest absolute Gasteiger partial charge is 0.339 e. The standard InChI is InChI=1S/C22H34O12/c1-27-3-5-29-7-9-31-11-13-33-19-15-18(22(25)26)20(16-17(19)21(23)24)34-14-12-32-10-8-30-6-4-28-2/h15-16H,3-14H2,1-2H3,(H,23,24)(H,25,26). The Labute approximate surface area is 198 Å². The lowest BCUT2D eigenvalue weighted by atomic mass is 10.1. The summed E-state index contributed by atoms with van der Waals surface area (Å²) in [6, 6.07) is 2.25. The van der Waals surface area contributed by atoms with Crippen molar-refractivity contribution in [2.24, 2.45) is 0 Å². The molecular formula is C22H34O12. The molecule has 0 bridgehead atoms.